The molecule has 2 fully saturated rings. The first-order valence-electron chi connectivity index (χ1n) is 32.9. The van der Waals surface area contributed by atoms with Gasteiger partial charge in [-0.2, -0.15) is 0 Å². The van der Waals surface area contributed by atoms with E-state index in [2.05, 4.69) is 26.0 Å². The van der Waals surface area contributed by atoms with E-state index >= 15 is 0 Å². The van der Waals surface area contributed by atoms with Crippen LogP contribution in [-0.2, 0) is 19.1 Å². The molecule has 0 aromatic rings. The summed E-state index contributed by atoms with van der Waals surface area (Å²) in [7, 11) is 0. The third kappa shape index (κ3) is 28.4. The Balaban J connectivity index is 1.79. The van der Waals surface area contributed by atoms with E-state index in [1.54, 1.807) is 26.0 Å². The van der Waals surface area contributed by atoms with Crippen molar-refractivity contribution in [3.8, 4) is 0 Å². The summed E-state index contributed by atoms with van der Waals surface area (Å²) in [6, 6.07) is 0. The van der Waals surface area contributed by atoms with Gasteiger partial charge in [0.25, 0.3) is 0 Å². The zero-order valence-electron chi connectivity index (χ0n) is 54.4. The monoisotopic (exact) mass is 1140 g/mol. The normalized spacial score (nSPS) is 25.8. The van der Waals surface area contributed by atoms with Crippen molar-refractivity contribution in [3.05, 3.63) is 120 Å². The lowest BCUT2D eigenvalue weighted by atomic mass is 9.57. The third-order valence-electron chi connectivity index (χ3n) is 17.6. The van der Waals surface area contributed by atoms with E-state index in [0.717, 1.165) is 67.2 Å². The SMILES string of the molecule is CCCCCCCC/C=C\CCCCCCCC(=O)O[C@H]1CC(C)(C)[C@](O)(/C=C/C(C)=C/C=C/C(C)=C/C=C/C=C(C)/C=C/C=C(C)/C=C/[C@@]2(O)C(C)(C)C[C@H](OC(=O)CCCCCCCCCCCCCCC)C[C@@]2(C)O)[C@](C)(O)C1. The molecule has 0 aliphatic heterocycles. The lowest BCUT2D eigenvalue weighted by Gasteiger charge is -2.55. The number of esters is 2. The number of allylic oxidation sites excluding steroid dienone is 18. The second-order valence-corrected chi connectivity index (χ2v) is 26.6. The first-order valence-corrected chi connectivity index (χ1v) is 32.9. The fourth-order valence-corrected chi connectivity index (χ4v) is 12.2. The zero-order chi connectivity index (χ0) is 61.0. The zero-order valence-corrected chi connectivity index (χ0v) is 54.4. The van der Waals surface area contributed by atoms with Crippen molar-refractivity contribution in [3.63, 3.8) is 0 Å². The highest BCUT2D eigenvalue weighted by atomic mass is 16.5. The minimum Gasteiger partial charge on any atom is -0.462 e. The Kier molecular flexibility index (Phi) is 36.0. The van der Waals surface area contributed by atoms with Gasteiger partial charge in [-0.25, -0.2) is 0 Å². The highest BCUT2D eigenvalue weighted by molar-refractivity contribution is 5.70. The van der Waals surface area contributed by atoms with Gasteiger partial charge in [-0.05, 0) is 105 Å². The van der Waals surface area contributed by atoms with Crippen LogP contribution in [0.2, 0.25) is 0 Å². The lowest BCUT2D eigenvalue weighted by molar-refractivity contribution is -0.223. The van der Waals surface area contributed by atoms with Crippen LogP contribution in [0.15, 0.2) is 120 Å². The molecule has 0 saturated heterocycles. The summed E-state index contributed by atoms with van der Waals surface area (Å²) in [6.07, 6.45) is 64.8. The fourth-order valence-electron chi connectivity index (χ4n) is 12.2. The molecule has 0 aromatic heterocycles. The number of hydrogen-bond acceptors (Lipinski definition) is 8. The molecule has 0 spiro atoms. The summed E-state index contributed by atoms with van der Waals surface area (Å²) in [4.78, 5) is 25.7. The van der Waals surface area contributed by atoms with E-state index in [0.29, 0.717) is 25.7 Å². The van der Waals surface area contributed by atoms with Crippen LogP contribution in [0.3, 0.4) is 0 Å². The van der Waals surface area contributed by atoms with E-state index < -0.39 is 45.4 Å². The molecule has 466 valence electrons. The van der Waals surface area contributed by atoms with Crippen LogP contribution < -0.4 is 0 Å². The molecule has 2 aliphatic rings. The number of ether oxygens (including phenoxy) is 2. The van der Waals surface area contributed by atoms with Gasteiger partial charge in [-0.3, -0.25) is 9.59 Å². The molecule has 2 aliphatic carbocycles. The van der Waals surface area contributed by atoms with E-state index in [-0.39, 0.29) is 24.8 Å². The van der Waals surface area contributed by atoms with Gasteiger partial charge in [0.2, 0.25) is 0 Å². The van der Waals surface area contributed by atoms with Crippen LogP contribution in [-0.4, -0.2) is 67.0 Å². The maximum Gasteiger partial charge on any atom is 0.306 e. The first kappa shape index (κ1) is 74.3. The average molecular weight is 1140 g/mol. The number of hydrogen-bond donors (Lipinski definition) is 4. The Morgan fingerprint density at radius 3 is 0.988 bits per heavy atom. The quantitative estimate of drug-likeness (QED) is 0.0206. The van der Waals surface area contributed by atoms with Gasteiger partial charge in [0.15, 0.2) is 0 Å². The summed E-state index contributed by atoms with van der Waals surface area (Å²) in [5.74, 6) is -0.444. The van der Waals surface area contributed by atoms with Crippen molar-refractivity contribution in [1.82, 2.24) is 0 Å². The standard InChI is InChI=1S/C74H122O8/c1-13-15-17-19-21-23-25-27-28-30-32-34-36-38-40-52-68(76)82-66-58-70(9,10)74(80,72(12,78)60-66)56-54-64(6)50-44-48-62(4)46-42-41-45-61(3)47-43-49-63(5)53-55-73(79)69(7,8)57-65(59-71(73,11)77)81-67(75)51-39-37-35-33-31-29-26-24-22-20-18-16-14-2/h27-28,41-50,53-56,65-66,77-80H,13-26,29-40,51-52,57-60H2,1-12H3/b28-27-,42-41+,47-43+,48-44+,55-53+,56-54+,61-45+,62-46+,63-49+,64-50+/t65-,66-,71+,72+,73+,74+/m0/s1. The molecule has 2 rings (SSSR count). The van der Waals surface area contributed by atoms with Gasteiger partial charge >= 0.3 is 11.9 Å². The van der Waals surface area contributed by atoms with Crippen molar-refractivity contribution in [2.75, 3.05) is 0 Å². The van der Waals surface area contributed by atoms with Crippen LogP contribution in [0.4, 0.5) is 0 Å². The predicted octanol–water partition coefficient (Wildman–Crippen LogP) is 19.5. The summed E-state index contributed by atoms with van der Waals surface area (Å²) in [6.45, 7) is 23.5. The Bertz CT molecular complexity index is 2090. The number of carbonyl (C=O) groups is 2. The Morgan fingerprint density at radius 2 is 0.671 bits per heavy atom. The number of aliphatic hydroxyl groups is 4. The number of carbonyl (C=O) groups excluding carboxylic acids is 2. The highest BCUT2D eigenvalue weighted by Gasteiger charge is 2.60. The molecule has 8 heteroatoms. The topological polar surface area (TPSA) is 134 Å². The lowest BCUT2D eigenvalue weighted by Crippen LogP contribution is -2.65. The van der Waals surface area contributed by atoms with Crippen LogP contribution in [0.1, 0.15) is 289 Å². The van der Waals surface area contributed by atoms with Crippen molar-refractivity contribution < 1.29 is 39.5 Å². The third-order valence-corrected chi connectivity index (χ3v) is 17.6. The number of unbranched alkanes of at least 4 members (excludes halogenated alkanes) is 23. The van der Waals surface area contributed by atoms with Gasteiger partial charge in [-0.15, -0.1) is 0 Å². The molecule has 4 N–H and O–H groups in total. The summed E-state index contributed by atoms with van der Waals surface area (Å²) in [5, 5.41) is 47.4. The van der Waals surface area contributed by atoms with Crippen LogP contribution in [0.5, 0.6) is 0 Å². The van der Waals surface area contributed by atoms with E-state index in [1.165, 1.54) is 122 Å². The molecular formula is C74H122O8. The molecule has 0 aromatic carbocycles. The maximum absolute atomic E-state index is 12.9. The maximum atomic E-state index is 12.9. The van der Waals surface area contributed by atoms with Crippen LogP contribution in [0.25, 0.3) is 0 Å². The highest BCUT2D eigenvalue weighted by Crippen LogP contribution is 2.52. The van der Waals surface area contributed by atoms with E-state index in [9.17, 15) is 30.0 Å². The molecule has 2 saturated carbocycles. The molecule has 8 nitrogen and oxygen atoms in total. The van der Waals surface area contributed by atoms with Crippen LogP contribution in [0, 0.1) is 10.8 Å². The molecule has 0 bridgehead atoms. The molecule has 0 unspecified atom stereocenters. The largest absolute Gasteiger partial charge is 0.462 e. The van der Waals surface area contributed by atoms with Crippen molar-refractivity contribution in [1.29, 1.82) is 0 Å². The van der Waals surface area contributed by atoms with Crippen molar-refractivity contribution >= 4 is 11.9 Å². The van der Waals surface area contributed by atoms with Crippen molar-refractivity contribution in [2.24, 2.45) is 10.8 Å². The van der Waals surface area contributed by atoms with Crippen molar-refractivity contribution in [2.45, 2.75) is 323 Å². The molecule has 82 heavy (non-hydrogen) atoms. The minimum atomic E-state index is -1.53. The molecule has 0 radical (unpaired) electrons. The second-order valence-electron chi connectivity index (χ2n) is 26.6. The predicted molar refractivity (Wildman–Crippen MR) is 347 cm³/mol. The van der Waals surface area contributed by atoms with Gasteiger partial charge < -0.3 is 29.9 Å². The molecule has 6 atom stereocenters. The first-order chi connectivity index (χ1) is 38.8. The Hall–Kier alpha value is -3.82. The summed E-state index contributed by atoms with van der Waals surface area (Å²) >= 11 is 0. The molecule has 0 amide bonds. The average Bonchev–Trinajstić information content (AvgIpc) is 2.38. The van der Waals surface area contributed by atoms with Gasteiger partial charge in [0.1, 0.15) is 23.4 Å². The van der Waals surface area contributed by atoms with Gasteiger partial charge in [0.05, 0.1) is 11.2 Å². The molecule has 0 heterocycles. The van der Waals surface area contributed by atoms with E-state index in [4.69, 9.17) is 9.47 Å². The Morgan fingerprint density at radius 1 is 0.390 bits per heavy atom. The minimum absolute atomic E-state index is 0.162. The van der Waals surface area contributed by atoms with Gasteiger partial charge in [-0.1, -0.05) is 277 Å². The fraction of sp³-hybridized carbons (Fsp3) is 0.703. The number of rotatable bonds is 41. The smallest absolute Gasteiger partial charge is 0.306 e. The summed E-state index contributed by atoms with van der Waals surface area (Å²) in [5.41, 5.74) is -3.62. The van der Waals surface area contributed by atoms with Gasteiger partial charge in [0, 0.05) is 36.5 Å². The second kappa shape index (κ2) is 39.7. The van der Waals surface area contributed by atoms with Crippen LogP contribution >= 0.6 is 0 Å². The molecular weight excluding hydrogens is 1020 g/mol. The Labute approximate surface area is 502 Å². The summed E-state index contributed by atoms with van der Waals surface area (Å²) < 4.78 is 11.8. The van der Waals surface area contributed by atoms with E-state index in [1.807, 2.05) is 128 Å².